The lowest BCUT2D eigenvalue weighted by Gasteiger charge is -2.25. The number of benzene rings is 2. The summed E-state index contributed by atoms with van der Waals surface area (Å²) in [6.07, 6.45) is -0.154. The number of anilines is 1. The molecule has 0 aliphatic carbocycles. The molecule has 0 spiro atoms. The summed E-state index contributed by atoms with van der Waals surface area (Å²) in [5, 5.41) is 4.97. The lowest BCUT2D eigenvalue weighted by atomic mass is 10.2. The van der Waals surface area contributed by atoms with Crippen molar-refractivity contribution in [2.45, 2.75) is 19.1 Å². The molecule has 1 amide bonds. The normalized spacial score (nSPS) is 22.1. The summed E-state index contributed by atoms with van der Waals surface area (Å²) in [6, 6.07) is 19.5. The third-order valence-electron chi connectivity index (χ3n) is 3.41. The molecule has 1 unspecified atom stereocenters. The molecule has 2 atom stereocenters. The number of hydrazine groups is 1. The maximum atomic E-state index is 12.3. The van der Waals surface area contributed by atoms with Crippen LogP contribution in [0.2, 0.25) is 0 Å². The molecule has 1 fully saturated rings. The first-order valence-corrected chi connectivity index (χ1v) is 6.71. The van der Waals surface area contributed by atoms with Gasteiger partial charge >= 0.3 is 0 Å². The van der Waals surface area contributed by atoms with E-state index in [1.165, 1.54) is 0 Å². The van der Waals surface area contributed by atoms with Crippen LogP contribution in [0.3, 0.4) is 0 Å². The van der Waals surface area contributed by atoms with Gasteiger partial charge in [-0.3, -0.25) is 15.5 Å². The van der Waals surface area contributed by atoms with Crippen LogP contribution in [0.5, 0.6) is 0 Å². The number of carbonyl (C=O) groups is 1. The number of rotatable bonds is 3. The van der Waals surface area contributed by atoms with E-state index in [2.05, 4.69) is 10.7 Å². The van der Waals surface area contributed by atoms with Gasteiger partial charge in [-0.25, -0.2) is 5.01 Å². The molecule has 1 heterocycles. The molecule has 1 saturated heterocycles. The van der Waals surface area contributed by atoms with E-state index >= 15 is 0 Å². The van der Waals surface area contributed by atoms with Gasteiger partial charge in [0.1, 0.15) is 6.17 Å². The Morgan fingerprint density at radius 1 is 1.00 bits per heavy atom. The van der Waals surface area contributed by atoms with Crippen LogP contribution in [0.15, 0.2) is 60.7 Å². The van der Waals surface area contributed by atoms with Crippen LogP contribution in [-0.2, 0) is 4.79 Å². The maximum Gasteiger partial charge on any atom is 0.259 e. The van der Waals surface area contributed by atoms with Crippen molar-refractivity contribution >= 4 is 11.6 Å². The number of carbonyl (C=O) groups excluding carboxylic acids is 1. The van der Waals surface area contributed by atoms with E-state index in [4.69, 9.17) is 0 Å². The third-order valence-corrected chi connectivity index (χ3v) is 3.41. The predicted octanol–water partition coefficient (Wildman–Crippen LogP) is 2.53. The number of amides is 1. The number of para-hydroxylation sites is 1. The van der Waals surface area contributed by atoms with Crippen LogP contribution < -0.4 is 10.7 Å². The van der Waals surface area contributed by atoms with Gasteiger partial charge in [0.05, 0.1) is 11.7 Å². The summed E-state index contributed by atoms with van der Waals surface area (Å²) >= 11 is 0. The molecule has 4 nitrogen and oxygen atoms in total. The Bertz CT molecular complexity index is 585. The minimum Gasteiger partial charge on any atom is -0.294 e. The minimum absolute atomic E-state index is 0.0442. The first-order valence-electron chi connectivity index (χ1n) is 6.71. The van der Waals surface area contributed by atoms with Crippen LogP contribution in [0.1, 0.15) is 18.7 Å². The van der Waals surface area contributed by atoms with E-state index in [1.54, 1.807) is 5.01 Å². The summed E-state index contributed by atoms with van der Waals surface area (Å²) < 4.78 is 0. The molecule has 2 aromatic rings. The fourth-order valence-corrected chi connectivity index (χ4v) is 2.37. The Morgan fingerprint density at radius 3 is 2.25 bits per heavy atom. The van der Waals surface area contributed by atoms with Crippen molar-refractivity contribution in [2.24, 2.45) is 0 Å². The van der Waals surface area contributed by atoms with Gasteiger partial charge in [-0.15, -0.1) is 0 Å². The maximum absolute atomic E-state index is 12.3. The summed E-state index contributed by atoms with van der Waals surface area (Å²) in [5.74, 6) is 0.0442. The van der Waals surface area contributed by atoms with Crippen molar-refractivity contribution < 1.29 is 4.79 Å². The Labute approximate surface area is 118 Å². The van der Waals surface area contributed by atoms with Gasteiger partial charge in [-0.1, -0.05) is 48.5 Å². The van der Waals surface area contributed by atoms with Gasteiger partial charge in [0.25, 0.3) is 5.91 Å². The topological polar surface area (TPSA) is 44.4 Å². The highest BCUT2D eigenvalue weighted by molar-refractivity contribution is 5.85. The van der Waals surface area contributed by atoms with Gasteiger partial charge < -0.3 is 0 Å². The minimum atomic E-state index is -0.198. The van der Waals surface area contributed by atoms with Crippen LogP contribution in [0, 0.1) is 0 Å². The monoisotopic (exact) mass is 267 g/mol. The number of hydrogen-bond donors (Lipinski definition) is 2. The second kappa shape index (κ2) is 5.35. The van der Waals surface area contributed by atoms with E-state index in [9.17, 15) is 4.79 Å². The summed E-state index contributed by atoms with van der Waals surface area (Å²) in [5.41, 5.74) is 5.16. The van der Waals surface area contributed by atoms with Crippen LogP contribution in [0.4, 0.5) is 5.69 Å². The fraction of sp³-hybridized carbons (Fsp3) is 0.188. The first-order chi connectivity index (χ1) is 9.75. The Kier molecular flexibility index (Phi) is 3.39. The Balaban J connectivity index is 1.87. The van der Waals surface area contributed by atoms with Gasteiger partial charge in [-0.05, 0) is 24.6 Å². The average Bonchev–Trinajstić information content (AvgIpc) is 2.78. The molecule has 4 heteroatoms. The molecule has 3 rings (SSSR count). The highest BCUT2D eigenvalue weighted by Gasteiger charge is 2.37. The molecule has 0 aromatic heterocycles. The van der Waals surface area contributed by atoms with Crippen LogP contribution in [-0.4, -0.2) is 17.0 Å². The average molecular weight is 267 g/mol. The number of nitrogens with zero attached hydrogens (tertiary/aromatic N) is 1. The van der Waals surface area contributed by atoms with Crippen molar-refractivity contribution in [3.63, 3.8) is 0 Å². The quantitative estimate of drug-likeness (QED) is 0.898. The molecule has 0 saturated carbocycles. The Hall–Kier alpha value is -2.33. The van der Waals surface area contributed by atoms with E-state index < -0.39 is 0 Å². The largest absolute Gasteiger partial charge is 0.294 e. The molecule has 1 aliphatic rings. The van der Waals surface area contributed by atoms with E-state index in [1.807, 2.05) is 67.6 Å². The van der Waals surface area contributed by atoms with Crippen molar-refractivity contribution in [3.8, 4) is 0 Å². The lowest BCUT2D eigenvalue weighted by Crippen LogP contribution is -2.35. The molecular formula is C16H17N3O. The summed E-state index contributed by atoms with van der Waals surface area (Å²) in [6.45, 7) is 1.88. The molecule has 20 heavy (non-hydrogen) atoms. The van der Waals surface area contributed by atoms with Crippen LogP contribution >= 0.6 is 0 Å². The lowest BCUT2D eigenvalue weighted by molar-refractivity contribution is -0.128. The second-order valence-corrected chi connectivity index (χ2v) is 4.89. The summed E-state index contributed by atoms with van der Waals surface area (Å²) in [4.78, 5) is 12.3. The SMILES string of the molecule is C[C@@H]1NC(c2ccccc2)N(Nc2ccccc2)C1=O. The zero-order chi connectivity index (χ0) is 13.9. The second-order valence-electron chi connectivity index (χ2n) is 4.89. The van der Waals surface area contributed by atoms with E-state index in [0.29, 0.717) is 0 Å². The van der Waals surface area contributed by atoms with Gasteiger partial charge in [-0.2, -0.15) is 0 Å². The highest BCUT2D eigenvalue weighted by atomic mass is 16.2. The van der Waals surface area contributed by atoms with Gasteiger partial charge in [0, 0.05) is 0 Å². The number of nitrogens with one attached hydrogen (secondary N) is 2. The van der Waals surface area contributed by atoms with E-state index in [0.717, 1.165) is 11.3 Å². The van der Waals surface area contributed by atoms with Crippen LogP contribution in [0.25, 0.3) is 0 Å². The van der Waals surface area contributed by atoms with Crippen molar-refractivity contribution in [2.75, 3.05) is 5.43 Å². The standard InChI is InChI=1S/C16H17N3O/c1-12-16(20)19(18-14-10-6-3-7-11-14)15(17-12)13-8-4-2-5-9-13/h2-12,15,17-18H,1H3/t12-,15?/m0/s1. The van der Waals surface area contributed by atoms with Gasteiger partial charge in [0.15, 0.2) is 0 Å². The molecule has 0 bridgehead atoms. The molecule has 102 valence electrons. The zero-order valence-electron chi connectivity index (χ0n) is 11.3. The molecule has 0 radical (unpaired) electrons. The summed E-state index contributed by atoms with van der Waals surface area (Å²) in [7, 11) is 0. The smallest absolute Gasteiger partial charge is 0.259 e. The zero-order valence-corrected chi connectivity index (χ0v) is 11.3. The van der Waals surface area contributed by atoms with Crippen molar-refractivity contribution in [1.82, 2.24) is 10.3 Å². The van der Waals surface area contributed by atoms with Gasteiger partial charge in [0.2, 0.25) is 0 Å². The number of hydrogen-bond acceptors (Lipinski definition) is 3. The molecular weight excluding hydrogens is 250 g/mol. The highest BCUT2D eigenvalue weighted by Crippen LogP contribution is 2.25. The van der Waals surface area contributed by atoms with E-state index in [-0.39, 0.29) is 18.1 Å². The fourth-order valence-electron chi connectivity index (χ4n) is 2.37. The Morgan fingerprint density at radius 2 is 1.60 bits per heavy atom. The molecule has 1 aliphatic heterocycles. The van der Waals surface area contributed by atoms with Crippen molar-refractivity contribution in [3.05, 3.63) is 66.2 Å². The molecule has 2 aromatic carbocycles. The molecule has 2 N–H and O–H groups in total. The predicted molar refractivity (Wildman–Crippen MR) is 78.7 cm³/mol. The third kappa shape index (κ3) is 2.38. The van der Waals surface area contributed by atoms with Crippen molar-refractivity contribution in [1.29, 1.82) is 0 Å². The first kappa shape index (κ1) is 12.7.